The average Bonchev–Trinajstić information content (AvgIpc) is 2.46. The van der Waals surface area contributed by atoms with Gasteiger partial charge in [0.2, 0.25) is 0 Å². The van der Waals surface area contributed by atoms with Gasteiger partial charge in [-0.15, -0.1) is 0 Å². The van der Waals surface area contributed by atoms with Gasteiger partial charge in [0, 0.05) is 5.92 Å². The fraction of sp³-hybridized carbons (Fsp3) is 0.235. The summed E-state index contributed by atoms with van der Waals surface area (Å²) in [6.07, 6.45) is 2.00. The number of benzene rings is 2. The first kappa shape index (κ1) is 12.7. The maximum absolute atomic E-state index is 5.20. The Bertz CT molecular complexity index is 459. The molecule has 1 nitrogen and oxygen atoms in total. The molecular weight excluding hydrogens is 220 g/mol. The van der Waals surface area contributed by atoms with E-state index in [0.29, 0.717) is 5.92 Å². The van der Waals surface area contributed by atoms with E-state index in [4.69, 9.17) is 4.74 Å². The van der Waals surface area contributed by atoms with Crippen LogP contribution in [0.2, 0.25) is 0 Å². The summed E-state index contributed by atoms with van der Waals surface area (Å²) in [5, 5.41) is 0. The highest BCUT2D eigenvalue weighted by molar-refractivity contribution is 5.35. The second kappa shape index (κ2) is 6.25. The maximum atomic E-state index is 5.20. The minimum absolute atomic E-state index is 0.426. The maximum Gasteiger partial charge on any atom is 0.118 e. The average molecular weight is 239 g/mol. The van der Waals surface area contributed by atoms with Crippen molar-refractivity contribution in [3.8, 4) is 5.75 Å². The van der Waals surface area contributed by atoms with Crippen LogP contribution in [0.4, 0.5) is 0 Å². The molecule has 0 N–H and O–H groups in total. The van der Waals surface area contributed by atoms with E-state index >= 15 is 0 Å². The van der Waals surface area contributed by atoms with Gasteiger partial charge in [0.25, 0.3) is 0 Å². The summed E-state index contributed by atoms with van der Waals surface area (Å²) in [5.41, 5.74) is 2.68. The number of ether oxygens (including phenoxy) is 1. The van der Waals surface area contributed by atoms with Crippen molar-refractivity contribution < 1.29 is 4.74 Å². The molecule has 1 heteroatoms. The SMILES string of the molecule is [CH2]CCC(c1ccccc1)c1ccc(OC)cc1. The highest BCUT2D eigenvalue weighted by atomic mass is 16.5. The first-order valence-corrected chi connectivity index (χ1v) is 6.33. The molecule has 0 aliphatic carbocycles. The molecule has 1 radical (unpaired) electrons. The first-order chi connectivity index (χ1) is 8.85. The molecule has 0 aromatic heterocycles. The Labute approximate surface area is 109 Å². The van der Waals surface area contributed by atoms with E-state index in [9.17, 15) is 0 Å². The van der Waals surface area contributed by atoms with Gasteiger partial charge in [-0.25, -0.2) is 0 Å². The normalized spacial score (nSPS) is 12.1. The third-order valence-electron chi connectivity index (χ3n) is 3.21. The molecule has 2 rings (SSSR count). The minimum Gasteiger partial charge on any atom is -0.497 e. The zero-order valence-electron chi connectivity index (χ0n) is 10.8. The van der Waals surface area contributed by atoms with Gasteiger partial charge in [-0.3, -0.25) is 0 Å². The van der Waals surface area contributed by atoms with Crippen LogP contribution in [0.15, 0.2) is 54.6 Å². The monoisotopic (exact) mass is 239 g/mol. The van der Waals surface area contributed by atoms with Crippen molar-refractivity contribution in [1.82, 2.24) is 0 Å². The van der Waals surface area contributed by atoms with E-state index in [1.54, 1.807) is 7.11 Å². The summed E-state index contributed by atoms with van der Waals surface area (Å²) < 4.78 is 5.20. The van der Waals surface area contributed by atoms with Crippen molar-refractivity contribution in [2.45, 2.75) is 18.8 Å². The summed E-state index contributed by atoms with van der Waals surface area (Å²) in [6, 6.07) is 18.9. The van der Waals surface area contributed by atoms with Crippen molar-refractivity contribution in [3.63, 3.8) is 0 Å². The summed E-state index contributed by atoms with van der Waals surface area (Å²) in [6.45, 7) is 3.99. The number of hydrogen-bond acceptors (Lipinski definition) is 1. The van der Waals surface area contributed by atoms with Crippen LogP contribution in [-0.4, -0.2) is 7.11 Å². The van der Waals surface area contributed by atoms with Crippen LogP contribution in [0.5, 0.6) is 5.75 Å². The number of rotatable bonds is 5. The zero-order valence-corrected chi connectivity index (χ0v) is 10.8. The molecule has 2 aromatic carbocycles. The summed E-state index contributed by atoms with van der Waals surface area (Å²) in [7, 11) is 1.69. The topological polar surface area (TPSA) is 9.23 Å². The summed E-state index contributed by atoms with van der Waals surface area (Å²) in [5.74, 6) is 1.33. The fourth-order valence-corrected chi connectivity index (χ4v) is 2.25. The standard InChI is InChI=1S/C17H19O/c1-3-7-17(14-8-5-4-6-9-14)15-10-12-16(18-2)13-11-15/h4-6,8-13,17H,1,3,7H2,2H3. The van der Waals surface area contributed by atoms with Gasteiger partial charge in [-0.2, -0.15) is 0 Å². The van der Waals surface area contributed by atoms with Crippen LogP contribution in [-0.2, 0) is 0 Å². The van der Waals surface area contributed by atoms with Crippen LogP contribution < -0.4 is 4.74 Å². The molecule has 0 fully saturated rings. The van der Waals surface area contributed by atoms with E-state index in [1.807, 2.05) is 12.1 Å². The Kier molecular flexibility index (Phi) is 4.40. The highest BCUT2D eigenvalue weighted by Crippen LogP contribution is 2.30. The molecule has 1 atom stereocenters. The van der Waals surface area contributed by atoms with Crippen molar-refractivity contribution in [1.29, 1.82) is 0 Å². The predicted molar refractivity (Wildman–Crippen MR) is 75.9 cm³/mol. The van der Waals surface area contributed by atoms with Gasteiger partial charge in [0.1, 0.15) is 5.75 Å². The Morgan fingerprint density at radius 1 is 0.944 bits per heavy atom. The number of methoxy groups -OCH3 is 1. The molecule has 18 heavy (non-hydrogen) atoms. The Morgan fingerprint density at radius 2 is 1.56 bits per heavy atom. The zero-order chi connectivity index (χ0) is 12.8. The van der Waals surface area contributed by atoms with Gasteiger partial charge >= 0.3 is 0 Å². The van der Waals surface area contributed by atoms with Gasteiger partial charge in [0.15, 0.2) is 0 Å². The third-order valence-corrected chi connectivity index (χ3v) is 3.21. The lowest BCUT2D eigenvalue weighted by Crippen LogP contribution is -2.00. The van der Waals surface area contributed by atoms with E-state index in [0.717, 1.165) is 18.6 Å². The lowest BCUT2D eigenvalue weighted by molar-refractivity contribution is 0.414. The van der Waals surface area contributed by atoms with Crippen molar-refractivity contribution in [2.75, 3.05) is 7.11 Å². The third kappa shape index (κ3) is 2.92. The van der Waals surface area contributed by atoms with E-state index < -0.39 is 0 Å². The molecular formula is C17H19O. The number of hydrogen-bond donors (Lipinski definition) is 0. The lowest BCUT2D eigenvalue weighted by Gasteiger charge is -2.17. The predicted octanol–water partition coefficient (Wildman–Crippen LogP) is 4.44. The molecule has 1 unspecified atom stereocenters. The summed E-state index contributed by atoms with van der Waals surface area (Å²) >= 11 is 0. The van der Waals surface area contributed by atoms with Crippen LogP contribution in [0.25, 0.3) is 0 Å². The molecule has 0 aliphatic heterocycles. The second-order valence-corrected chi connectivity index (χ2v) is 4.38. The lowest BCUT2D eigenvalue weighted by atomic mass is 9.88. The van der Waals surface area contributed by atoms with E-state index in [-0.39, 0.29) is 0 Å². The van der Waals surface area contributed by atoms with Crippen LogP contribution in [0, 0.1) is 6.92 Å². The van der Waals surface area contributed by atoms with Crippen molar-refractivity contribution >= 4 is 0 Å². The molecule has 2 aromatic rings. The molecule has 0 heterocycles. The Balaban J connectivity index is 2.29. The fourth-order valence-electron chi connectivity index (χ4n) is 2.25. The van der Waals surface area contributed by atoms with Gasteiger partial charge in [0.05, 0.1) is 7.11 Å². The quantitative estimate of drug-likeness (QED) is 0.749. The molecule has 0 bridgehead atoms. The van der Waals surface area contributed by atoms with E-state index in [2.05, 4.69) is 49.4 Å². The van der Waals surface area contributed by atoms with Gasteiger partial charge in [-0.05, 0) is 29.7 Å². The molecule has 0 saturated heterocycles. The first-order valence-electron chi connectivity index (χ1n) is 6.33. The Morgan fingerprint density at radius 3 is 2.11 bits per heavy atom. The largest absolute Gasteiger partial charge is 0.497 e. The minimum atomic E-state index is 0.426. The molecule has 0 aliphatic rings. The van der Waals surface area contributed by atoms with Crippen molar-refractivity contribution in [3.05, 3.63) is 72.6 Å². The van der Waals surface area contributed by atoms with Gasteiger partial charge < -0.3 is 4.74 Å². The summed E-state index contributed by atoms with van der Waals surface area (Å²) in [4.78, 5) is 0. The molecule has 0 spiro atoms. The Hall–Kier alpha value is -1.76. The van der Waals surface area contributed by atoms with Crippen LogP contribution in [0.3, 0.4) is 0 Å². The molecule has 0 amide bonds. The molecule has 0 saturated carbocycles. The van der Waals surface area contributed by atoms with Crippen LogP contribution >= 0.6 is 0 Å². The van der Waals surface area contributed by atoms with Gasteiger partial charge in [-0.1, -0.05) is 55.8 Å². The molecule has 93 valence electrons. The van der Waals surface area contributed by atoms with E-state index in [1.165, 1.54) is 11.1 Å². The second-order valence-electron chi connectivity index (χ2n) is 4.38. The van der Waals surface area contributed by atoms with Crippen molar-refractivity contribution in [2.24, 2.45) is 0 Å². The highest BCUT2D eigenvalue weighted by Gasteiger charge is 2.12. The smallest absolute Gasteiger partial charge is 0.118 e. The van der Waals surface area contributed by atoms with Crippen LogP contribution in [0.1, 0.15) is 29.9 Å².